The zero-order valence-electron chi connectivity index (χ0n) is 11.5. The van der Waals surface area contributed by atoms with Crippen LogP contribution < -0.4 is 0 Å². The van der Waals surface area contributed by atoms with E-state index in [9.17, 15) is 15.0 Å². The molecule has 3 atom stereocenters. The molecular weight excluding hydrogens is 258 g/mol. The predicted molar refractivity (Wildman–Crippen MR) is 71.8 cm³/mol. The van der Waals surface area contributed by atoms with Crippen molar-refractivity contribution < 1.29 is 19.7 Å². The van der Waals surface area contributed by atoms with Gasteiger partial charge in [-0.2, -0.15) is 0 Å². The van der Waals surface area contributed by atoms with Crippen LogP contribution >= 0.6 is 0 Å². The van der Waals surface area contributed by atoms with Gasteiger partial charge in [0.1, 0.15) is 6.10 Å². The van der Waals surface area contributed by atoms with Crippen molar-refractivity contribution in [2.24, 2.45) is 0 Å². The fourth-order valence-electron chi connectivity index (χ4n) is 3.46. The van der Waals surface area contributed by atoms with Gasteiger partial charge in [-0.25, -0.2) is 4.79 Å². The van der Waals surface area contributed by atoms with Gasteiger partial charge in [-0.15, -0.1) is 0 Å². The molecule has 20 heavy (non-hydrogen) atoms. The zero-order valence-corrected chi connectivity index (χ0v) is 11.5. The third kappa shape index (κ3) is 1.63. The number of aliphatic hydroxyl groups excluding tert-OH is 2. The standard InChI is InChI=1S/C15H19NO4/c1-2-20-14(19)15-11-6-4-3-5-10(11)9-16(15)8-7-12(17)13(15)18/h3-6,12-13,17-18H,2,7-9H2,1H3/t12-,13-,15-/m1/s1. The van der Waals surface area contributed by atoms with E-state index >= 15 is 0 Å². The molecule has 0 spiro atoms. The monoisotopic (exact) mass is 277 g/mol. The van der Waals surface area contributed by atoms with Gasteiger partial charge in [0.05, 0.1) is 12.7 Å². The van der Waals surface area contributed by atoms with Gasteiger partial charge >= 0.3 is 5.97 Å². The van der Waals surface area contributed by atoms with E-state index < -0.39 is 23.7 Å². The summed E-state index contributed by atoms with van der Waals surface area (Å²) in [6.07, 6.45) is -1.63. The molecule has 5 nitrogen and oxygen atoms in total. The smallest absolute Gasteiger partial charge is 0.334 e. The highest BCUT2D eigenvalue weighted by Gasteiger charge is 2.60. The molecular formula is C15H19NO4. The number of benzene rings is 1. The molecule has 2 N–H and O–H groups in total. The highest BCUT2D eigenvalue weighted by Crippen LogP contribution is 2.46. The molecule has 1 fully saturated rings. The summed E-state index contributed by atoms with van der Waals surface area (Å²) in [5.74, 6) is -0.476. The topological polar surface area (TPSA) is 70.0 Å². The Hall–Kier alpha value is -1.43. The minimum absolute atomic E-state index is 0.249. The number of carbonyl (C=O) groups excluding carboxylic acids is 1. The SMILES string of the molecule is CCOC(=O)[C@]12c3ccccc3CN1CC[C@@H](O)[C@H]2O. The van der Waals surface area contributed by atoms with E-state index in [0.29, 0.717) is 19.5 Å². The molecule has 2 aliphatic heterocycles. The molecule has 5 heteroatoms. The number of nitrogens with zero attached hydrogens (tertiary/aromatic N) is 1. The van der Waals surface area contributed by atoms with E-state index in [1.807, 2.05) is 29.2 Å². The summed E-state index contributed by atoms with van der Waals surface area (Å²) in [6, 6.07) is 7.55. The summed E-state index contributed by atoms with van der Waals surface area (Å²) in [5.41, 5.74) is 0.503. The minimum atomic E-state index is -1.26. The number of aliphatic hydroxyl groups is 2. The molecule has 0 amide bonds. The van der Waals surface area contributed by atoms with Crippen LogP contribution in [0.5, 0.6) is 0 Å². The first-order valence-corrected chi connectivity index (χ1v) is 6.99. The molecule has 0 radical (unpaired) electrons. The summed E-state index contributed by atoms with van der Waals surface area (Å²) >= 11 is 0. The lowest BCUT2D eigenvalue weighted by Crippen LogP contribution is -2.64. The van der Waals surface area contributed by atoms with Gasteiger partial charge in [0.25, 0.3) is 0 Å². The van der Waals surface area contributed by atoms with Crippen LogP contribution in [0.4, 0.5) is 0 Å². The molecule has 0 unspecified atom stereocenters. The van der Waals surface area contributed by atoms with E-state index in [-0.39, 0.29) is 6.61 Å². The van der Waals surface area contributed by atoms with Crippen molar-refractivity contribution >= 4 is 5.97 Å². The van der Waals surface area contributed by atoms with Crippen LogP contribution in [0.2, 0.25) is 0 Å². The van der Waals surface area contributed by atoms with Gasteiger partial charge in [-0.3, -0.25) is 4.90 Å². The van der Waals surface area contributed by atoms with Crippen molar-refractivity contribution in [2.75, 3.05) is 13.2 Å². The van der Waals surface area contributed by atoms with E-state index in [1.165, 1.54) is 0 Å². The largest absolute Gasteiger partial charge is 0.464 e. The number of fused-ring (bicyclic) bond motifs is 3. The Morgan fingerprint density at radius 3 is 2.95 bits per heavy atom. The molecule has 2 aliphatic rings. The Morgan fingerprint density at radius 2 is 2.20 bits per heavy atom. The van der Waals surface area contributed by atoms with E-state index in [0.717, 1.165) is 11.1 Å². The molecule has 3 rings (SSSR count). The maximum Gasteiger partial charge on any atom is 0.334 e. The Labute approximate surface area is 117 Å². The van der Waals surface area contributed by atoms with Crippen LogP contribution in [0.3, 0.4) is 0 Å². The Kier molecular flexibility index (Phi) is 3.28. The highest BCUT2D eigenvalue weighted by atomic mass is 16.5. The van der Waals surface area contributed by atoms with Crippen LogP contribution in [-0.4, -0.2) is 46.4 Å². The molecule has 0 aliphatic carbocycles. The first kappa shape index (κ1) is 13.5. The molecule has 108 valence electrons. The van der Waals surface area contributed by atoms with Crippen molar-refractivity contribution in [3.05, 3.63) is 35.4 Å². The summed E-state index contributed by atoms with van der Waals surface area (Å²) in [7, 11) is 0. The molecule has 1 aromatic rings. The second-order valence-corrected chi connectivity index (χ2v) is 5.37. The second-order valence-electron chi connectivity index (χ2n) is 5.37. The highest BCUT2D eigenvalue weighted by molar-refractivity contribution is 5.85. The van der Waals surface area contributed by atoms with Gasteiger partial charge in [0.15, 0.2) is 5.54 Å². The lowest BCUT2D eigenvalue weighted by Gasteiger charge is -2.46. The Morgan fingerprint density at radius 1 is 1.45 bits per heavy atom. The molecule has 1 aromatic carbocycles. The first-order valence-electron chi connectivity index (χ1n) is 6.99. The third-order valence-corrected chi connectivity index (χ3v) is 4.36. The average Bonchev–Trinajstić information content (AvgIpc) is 2.79. The van der Waals surface area contributed by atoms with Gasteiger partial charge < -0.3 is 14.9 Å². The lowest BCUT2D eigenvalue weighted by atomic mass is 9.78. The van der Waals surface area contributed by atoms with Crippen molar-refractivity contribution in [2.45, 2.75) is 37.6 Å². The van der Waals surface area contributed by atoms with E-state index in [2.05, 4.69) is 0 Å². The van der Waals surface area contributed by atoms with Gasteiger partial charge in [0.2, 0.25) is 0 Å². The summed E-state index contributed by atoms with van der Waals surface area (Å²) in [5, 5.41) is 20.6. The first-order chi connectivity index (χ1) is 9.62. The van der Waals surface area contributed by atoms with Crippen molar-refractivity contribution in [3.63, 3.8) is 0 Å². The van der Waals surface area contributed by atoms with Crippen LogP contribution in [-0.2, 0) is 21.6 Å². The number of rotatable bonds is 2. The summed E-state index contributed by atoms with van der Waals surface area (Å²) in [6.45, 7) is 3.15. The third-order valence-electron chi connectivity index (χ3n) is 4.36. The predicted octanol–water partition coefficient (Wildman–Crippen LogP) is 0.386. The van der Waals surface area contributed by atoms with Gasteiger partial charge in [-0.05, 0) is 24.5 Å². The fraction of sp³-hybridized carbons (Fsp3) is 0.533. The quantitative estimate of drug-likeness (QED) is 0.765. The molecule has 0 saturated carbocycles. The minimum Gasteiger partial charge on any atom is -0.464 e. The summed E-state index contributed by atoms with van der Waals surface area (Å²) in [4.78, 5) is 14.5. The maximum absolute atomic E-state index is 12.6. The molecule has 2 heterocycles. The van der Waals surface area contributed by atoms with Crippen LogP contribution in [0.15, 0.2) is 24.3 Å². The lowest BCUT2D eigenvalue weighted by molar-refractivity contribution is -0.184. The number of hydrogen-bond donors (Lipinski definition) is 2. The Balaban J connectivity index is 2.16. The van der Waals surface area contributed by atoms with Crippen LogP contribution in [0, 0.1) is 0 Å². The number of piperidine rings is 1. The van der Waals surface area contributed by atoms with Crippen molar-refractivity contribution in [3.8, 4) is 0 Å². The number of carbonyl (C=O) groups is 1. The van der Waals surface area contributed by atoms with Crippen LogP contribution in [0.1, 0.15) is 24.5 Å². The number of esters is 1. The summed E-state index contributed by atoms with van der Waals surface area (Å²) < 4.78 is 5.21. The van der Waals surface area contributed by atoms with Gasteiger partial charge in [-0.1, -0.05) is 24.3 Å². The number of ether oxygens (including phenoxy) is 1. The Bertz CT molecular complexity index is 528. The number of hydrogen-bond acceptors (Lipinski definition) is 5. The van der Waals surface area contributed by atoms with Crippen molar-refractivity contribution in [1.82, 2.24) is 4.90 Å². The van der Waals surface area contributed by atoms with Crippen molar-refractivity contribution in [1.29, 1.82) is 0 Å². The van der Waals surface area contributed by atoms with E-state index in [1.54, 1.807) is 6.92 Å². The molecule has 0 bridgehead atoms. The van der Waals surface area contributed by atoms with E-state index in [4.69, 9.17) is 4.74 Å². The fourth-order valence-corrected chi connectivity index (χ4v) is 3.46. The average molecular weight is 277 g/mol. The zero-order chi connectivity index (χ0) is 14.3. The van der Waals surface area contributed by atoms with Gasteiger partial charge in [0, 0.05) is 13.1 Å². The maximum atomic E-state index is 12.6. The molecule has 0 aromatic heterocycles. The van der Waals surface area contributed by atoms with Crippen LogP contribution in [0.25, 0.3) is 0 Å². The second kappa shape index (κ2) is 4.84. The molecule has 1 saturated heterocycles. The normalized spacial score (nSPS) is 32.5.